The van der Waals surface area contributed by atoms with Gasteiger partial charge in [-0.15, -0.1) is 11.8 Å². The number of hydrogen-bond donors (Lipinski definition) is 1. The molecule has 2 aliphatic rings. The third-order valence-corrected chi connectivity index (χ3v) is 1.86. The van der Waals surface area contributed by atoms with Crippen molar-refractivity contribution in [1.82, 2.24) is 5.32 Å². The fourth-order valence-electron chi connectivity index (χ4n) is 1.16. The lowest BCUT2D eigenvalue weighted by Gasteiger charge is -2.00. The molecule has 1 N–H and O–H groups in total. The summed E-state index contributed by atoms with van der Waals surface area (Å²) in [5, 5.41) is 3.30. The molecule has 1 heteroatoms. The van der Waals surface area contributed by atoms with E-state index in [1.807, 2.05) is 0 Å². The van der Waals surface area contributed by atoms with Crippen molar-refractivity contribution in [3.8, 4) is 11.8 Å². The summed E-state index contributed by atoms with van der Waals surface area (Å²) in [6.45, 7) is 1.23. The molecule has 1 unspecified atom stereocenters. The molecule has 1 nitrogen and oxygen atoms in total. The Balaban J connectivity index is 1.91. The third kappa shape index (κ3) is 0.617. The van der Waals surface area contributed by atoms with Gasteiger partial charge in [-0.05, 0) is 5.92 Å². The predicted octanol–water partition coefficient (Wildman–Crippen LogP) is 0.372. The normalized spacial score (nSPS) is 34.2. The second-order valence-electron chi connectivity index (χ2n) is 2.54. The first kappa shape index (κ1) is 4.40. The van der Waals surface area contributed by atoms with Gasteiger partial charge in [0.15, 0.2) is 0 Å². The van der Waals surface area contributed by atoms with Gasteiger partial charge in [0.2, 0.25) is 0 Å². The zero-order chi connectivity index (χ0) is 5.40. The lowest BCUT2D eigenvalue weighted by atomic mass is 10.0. The number of nitrogens with one attached hydrogen (secondary N) is 1. The standard InChI is InChI=1S/C7H9N/c1-2-4-6(3-1)7-5-8-7/h6-8H,3-5H2. The summed E-state index contributed by atoms with van der Waals surface area (Å²) in [7, 11) is 0. The van der Waals surface area contributed by atoms with Gasteiger partial charge in [-0.3, -0.25) is 0 Å². The second-order valence-corrected chi connectivity index (χ2v) is 2.54. The maximum absolute atomic E-state index is 3.30. The minimum absolute atomic E-state index is 0.817. The van der Waals surface area contributed by atoms with E-state index in [9.17, 15) is 0 Å². The average molecular weight is 107 g/mol. The highest BCUT2D eigenvalue weighted by Crippen LogP contribution is 2.21. The Morgan fingerprint density at radius 3 is 2.38 bits per heavy atom. The van der Waals surface area contributed by atoms with Crippen LogP contribution in [0.5, 0.6) is 0 Å². The van der Waals surface area contributed by atoms with Crippen molar-refractivity contribution in [2.24, 2.45) is 5.92 Å². The van der Waals surface area contributed by atoms with E-state index >= 15 is 0 Å². The average Bonchev–Trinajstić information content (AvgIpc) is 2.49. The highest BCUT2D eigenvalue weighted by Gasteiger charge is 2.30. The molecule has 0 bridgehead atoms. The highest BCUT2D eigenvalue weighted by molar-refractivity contribution is 5.12. The van der Waals surface area contributed by atoms with Crippen molar-refractivity contribution in [2.75, 3.05) is 6.54 Å². The molecule has 0 aromatic heterocycles. The van der Waals surface area contributed by atoms with E-state index in [1.54, 1.807) is 0 Å². The van der Waals surface area contributed by atoms with E-state index in [2.05, 4.69) is 17.2 Å². The molecule has 0 amide bonds. The van der Waals surface area contributed by atoms with Crippen LogP contribution in [0.3, 0.4) is 0 Å². The number of hydrogen-bond acceptors (Lipinski definition) is 1. The molecule has 0 radical (unpaired) electrons. The Morgan fingerprint density at radius 2 is 1.88 bits per heavy atom. The van der Waals surface area contributed by atoms with Crippen molar-refractivity contribution >= 4 is 0 Å². The summed E-state index contributed by atoms with van der Waals surface area (Å²) in [4.78, 5) is 0. The van der Waals surface area contributed by atoms with Crippen LogP contribution in [0.2, 0.25) is 0 Å². The monoisotopic (exact) mass is 107 g/mol. The molecule has 0 saturated carbocycles. The molecule has 2 rings (SSSR count). The summed E-state index contributed by atoms with van der Waals surface area (Å²) < 4.78 is 0. The minimum Gasteiger partial charge on any atom is -0.311 e. The first-order valence-corrected chi connectivity index (χ1v) is 3.16. The van der Waals surface area contributed by atoms with Gasteiger partial charge in [0, 0.05) is 25.4 Å². The lowest BCUT2D eigenvalue weighted by molar-refractivity contribution is 0.562. The van der Waals surface area contributed by atoms with Gasteiger partial charge in [0.25, 0.3) is 0 Å². The molecule has 0 aromatic rings. The van der Waals surface area contributed by atoms with Gasteiger partial charge in [0.05, 0.1) is 0 Å². The van der Waals surface area contributed by atoms with Gasteiger partial charge in [-0.1, -0.05) is 0 Å². The first-order valence-electron chi connectivity index (χ1n) is 3.16. The van der Waals surface area contributed by atoms with Crippen LogP contribution in [-0.2, 0) is 0 Å². The van der Waals surface area contributed by atoms with E-state index < -0.39 is 0 Å². The molecule has 1 aliphatic carbocycles. The van der Waals surface area contributed by atoms with Crippen LogP contribution in [0.4, 0.5) is 0 Å². The van der Waals surface area contributed by atoms with Gasteiger partial charge in [-0.2, -0.15) is 0 Å². The van der Waals surface area contributed by atoms with Crippen LogP contribution < -0.4 is 5.32 Å². The summed E-state index contributed by atoms with van der Waals surface area (Å²) in [6.07, 6.45) is 2.27. The van der Waals surface area contributed by atoms with E-state index in [-0.39, 0.29) is 0 Å². The van der Waals surface area contributed by atoms with Gasteiger partial charge in [-0.25, -0.2) is 0 Å². The molecule has 0 spiro atoms. The van der Waals surface area contributed by atoms with Crippen molar-refractivity contribution in [3.63, 3.8) is 0 Å². The Bertz CT molecular complexity index is 138. The van der Waals surface area contributed by atoms with Crippen LogP contribution in [0.1, 0.15) is 12.8 Å². The minimum atomic E-state index is 0.817. The SMILES string of the molecule is C1#CCC(C2CN2)C1. The first-order chi connectivity index (χ1) is 3.97. The molecular formula is C7H9N. The molecule has 1 heterocycles. The van der Waals surface area contributed by atoms with Gasteiger partial charge >= 0.3 is 0 Å². The quantitative estimate of drug-likeness (QED) is 0.379. The molecule has 1 saturated heterocycles. The lowest BCUT2D eigenvalue weighted by Crippen LogP contribution is -2.05. The summed E-state index contributed by atoms with van der Waals surface area (Å²) in [5.74, 6) is 7.05. The van der Waals surface area contributed by atoms with E-state index in [0.29, 0.717) is 0 Å². The molecule has 1 atom stereocenters. The third-order valence-electron chi connectivity index (χ3n) is 1.86. The fraction of sp³-hybridized carbons (Fsp3) is 0.714. The molecular weight excluding hydrogens is 98.1 g/mol. The largest absolute Gasteiger partial charge is 0.311 e. The van der Waals surface area contributed by atoms with E-state index in [0.717, 1.165) is 24.8 Å². The van der Waals surface area contributed by atoms with Crippen LogP contribution in [0.25, 0.3) is 0 Å². The molecule has 0 aromatic carbocycles. The van der Waals surface area contributed by atoms with Crippen molar-refractivity contribution in [2.45, 2.75) is 18.9 Å². The van der Waals surface area contributed by atoms with Crippen molar-refractivity contribution in [1.29, 1.82) is 0 Å². The highest BCUT2D eigenvalue weighted by atomic mass is 15.1. The Morgan fingerprint density at radius 1 is 1.25 bits per heavy atom. The summed E-state index contributed by atoms with van der Waals surface area (Å²) in [6, 6.07) is 0.817. The molecule has 1 aliphatic heterocycles. The summed E-state index contributed by atoms with van der Waals surface area (Å²) in [5.41, 5.74) is 0. The topological polar surface area (TPSA) is 21.9 Å². The smallest absolute Gasteiger partial charge is 0.0239 e. The Labute approximate surface area is 49.5 Å². The summed E-state index contributed by atoms with van der Waals surface area (Å²) >= 11 is 0. The van der Waals surface area contributed by atoms with E-state index in [1.165, 1.54) is 6.54 Å². The van der Waals surface area contributed by atoms with Crippen LogP contribution >= 0.6 is 0 Å². The molecule has 8 heavy (non-hydrogen) atoms. The zero-order valence-corrected chi connectivity index (χ0v) is 4.78. The predicted molar refractivity (Wildman–Crippen MR) is 32.3 cm³/mol. The number of rotatable bonds is 1. The zero-order valence-electron chi connectivity index (χ0n) is 4.78. The van der Waals surface area contributed by atoms with Gasteiger partial charge < -0.3 is 5.32 Å². The van der Waals surface area contributed by atoms with Crippen LogP contribution in [0, 0.1) is 17.8 Å². The maximum atomic E-state index is 3.30. The van der Waals surface area contributed by atoms with Crippen molar-refractivity contribution in [3.05, 3.63) is 0 Å². The van der Waals surface area contributed by atoms with E-state index in [4.69, 9.17) is 0 Å². The molecule has 42 valence electrons. The fourth-order valence-corrected chi connectivity index (χ4v) is 1.16. The second kappa shape index (κ2) is 1.50. The Hall–Kier alpha value is -0.480. The van der Waals surface area contributed by atoms with Crippen LogP contribution in [-0.4, -0.2) is 12.6 Å². The van der Waals surface area contributed by atoms with Crippen LogP contribution in [0.15, 0.2) is 0 Å². The molecule has 1 fully saturated rings. The Kier molecular flexibility index (Phi) is 0.824. The van der Waals surface area contributed by atoms with Gasteiger partial charge in [0.1, 0.15) is 0 Å². The maximum Gasteiger partial charge on any atom is 0.0239 e. The van der Waals surface area contributed by atoms with Crippen molar-refractivity contribution < 1.29 is 0 Å².